The van der Waals surface area contributed by atoms with Gasteiger partial charge in [0.15, 0.2) is 0 Å². The number of pyridine rings is 1. The highest BCUT2D eigenvalue weighted by Gasteiger charge is 2.34. The maximum atomic E-state index is 13.4. The van der Waals surface area contributed by atoms with E-state index >= 15 is 0 Å². The lowest BCUT2D eigenvalue weighted by Crippen LogP contribution is -2.40. The maximum Gasteiger partial charge on any atom is 0.433 e. The number of carbonyl (C=O) groups excluding carboxylic acids is 1. The topological polar surface area (TPSA) is 81.1 Å². The lowest BCUT2D eigenvalue weighted by Gasteiger charge is -2.30. The molecule has 11 heteroatoms. The second kappa shape index (κ2) is 11.1. The van der Waals surface area contributed by atoms with E-state index in [1.807, 2.05) is 24.3 Å². The Labute approximate surface area is 228 Å². The van der Waals surface area contributed by atoms with Gasteiger partial charge < -0.3 is 15.4 Å². The second-order valence-corrected chi connectivity index (χ2v) is 10.1. The summed E-state index contributed by atoms with van der Waals surface area (Å²) in [5.41, 5.74) is 1.14. The standard InChI is InChI=1S/C28H27ClF3N5O2/c1-39-22-9-2-17(3-10-22)15-37-16-18(14-33-37)27(38)35-21-7-5-20(6-8-21)34-25-13-26(28(30,31)32)36-24-11-4-19(29)12-23(24)25/h2-4,9-14,16,20-21H,5-8,15H2,1H3,(H,34,36)(H,35,38)/t20-,21+. The van der Waals surface area contributed by atoms with Crippen molar-refractivity contribution in [2.75, 3.05) is 12.4 Å². The van der Waals surface area contributed by atoms with Gasteiger partial charge in [0, 0.05) is 34.4 Å². The van der Waals surface area contributed by atoms with Gasteiger partial charge in [0.1, 0.15) is 11.4 Å². The number of amides is 1. The van der Waals surface area contributed by atoms with Gasteiger partial charge in [0.25, 0.3) is 5.91 Å². The fourth-order valence-electron chi connectivity index (χ4n) is 4.82. The molecule has 1 aliphatic carbocycles. The quantitative estimate of drug-likeness (QED) is 0.278. The van der Waals surface area contributed by atoms with Gasteiger partial charge in [-0.1, -0.05) is 23.7 Å². The van der Waals surface area contributed by atoms with Crippen molar-refractivity contribution >= 4 is 34.1 Å². The van der Waals surface area contributed by atoms with E-state index in [-0.39, 0.29) is 23.5 Å². The molecule has 0 unspecified atom stereocenters. The van der Waals surface area contributed by atoms with Crippen molar-refractivity contribution in [2.24, 2.45) is 0 Å². The molecule has 1 fully saturated rings. The van der Waals surface area contributed by atoms with Gasteiger partial charge in [-0.25, -0.2) is 4.98 Å². The predicted molar refractivity (Wildman–Crippen MR) is 143 cm³/mol. The molecule has 7 nitrogen and oxygen atoms in total. The van der Waals surface area contributed by atoms with Gasteiger partial charge in [-0.2, -0.15) is 18.3 Å². The molecule has 0 saturated heterocycles. The lowest BCUT2D eigenvalue weighted by molar-refractivity contribution is -0.140. The van der Waals surface area contributed by atoms with Gasteiger partial charge in [-0.05, 0) is 67.6 Å². The first kappa shape index (κ1) is 26.8. The molecule has 39 heavy (non-hydrogen) atoms. The summed E-state index contributed by atoms with van der Waals surface area (Å²) < 4.78 is 47.2. The molecule has 1 aliphatic rings. The zero-order valence-corrected chi connectivity index (χ0v) is 21.9. The van der Waals surface area contributed by atoms with Crippen LogP contribution in [0, 0.1) is 0 Å². The van der Waals surface area contributed by atoms with Crippen molar-refractivity contribution in [3.8, 4) is 5.75 Å². The number of rotatable bonds is 7. The third kappa shape index (κ3) is 6.44. The van der Waals surface area contributed by atoms with Gasteiger partial charge >= 0.3 is 6.18 Å². The molecule has 4 aromatic rings. The third-order valence-corrected chi connectivity index (χ3v) is 7.12. The minimum absolute atomic E-state index is 0.0325. The number of halogens is 4. The summed E-state index contributed by atoms with van der Waals surface area (Å²) in [6.45, 7) is 0.527. The number of hydrogen-bond acceptors (Lipinski definition) is 5. The molecule has 0 spiro atoms. The normalized spacial score (nSPS) is 17.7. The minimum Gasteiger partial charge on any atom is -0.497 e. The van der Waals surface area contributed by atoms with Gasteiger partial charge in [-0.15, -0.1) is 0 Å². The van der Waals surface area contributed by atoms with E-state index in [0.29, 0.717) is 53.9 Å². The predicted octanol–water partition coefficient (Wildman–Crippen LogP) is 6.31. The number of benzene rings is 2. The van der Waals surface area contributed by atoms with E-state index in [2.05, 4.69) is 20.7 Å². The molecule has 1 amide bonds. The first-order chi connectivity index (χ1) is 18.7. The molecule has 2 N–H and O–H groups in total. The molecule has 5 rings (SSSR count). The number of fused-ring (bicyclic) bond motifs is 1. The highest BCUT2D eigenvalue weighted by atomic mass is 35.5. The molecular weight excluding hydrogens is 531 g/mol. The van der Waals surface area contributed by atoms with Crippen LogP contribution in [0.1, 0.15) is 47.3 Å². The van der Waals surface area contributed by atoms with E-state index in [4.69, 9.17) is 16.3 Å². The number of alkyl halides is 3. The Morgan fingerprint density at radius 1 is 1.08 bits per heavy atom. The summed E-state index contributed by atoms with van der Waals surface area (Å²) >= 11 is 6.11. The highest BCUT2D eigenvalue weighted by Crippen LogP contribution is 2.35. The SMILES string of the molecule is COc1ccc(Cn2cc(C(=O)N[C@H]3CC[C@@H](Nc4cc(C(F)(F)F)nc5ccc(Cl)cc45)CC3)cn2)cc1. The van der Waals surface area contributed by atoms with Crippen LogP contribution in [-0.4, -0.2) is 39.9 Å². The second-order valence-electron chi connectivity index (χ2n) is 9.66. The number of nitrogens with one attached hydrogen (secondary N) is 2. The number of nitrogens with zero attached hydrogens (tertiary/aromatic N) is 3. The summed E-state index contributed by atoms with van der Waals surface area (Å²) in [5.74, 6) is 0.575. The molecule has 204 valence electrons. The van der Waals surface area contributed by atoms with Crippen molar-refractivity contribution < 1.29 is 22.7 Å². The van der Waals surface area contributed by atoms with Crippen LogP contribution in [0.15, 0.2) is 60.9 Å². The summed E-state index contributed by atoms with van der Waals surface area (Å²) in [7, 11) is 1.61. The minimum atomic E-state index is -4.56. The van der Waals surface area contributed by atoms with E-state index in [1.54, 1.807) is 30.3 Å². The summed E-state index contributed by atoms with van der Waals surface area (Å²) in [4.78, 5) is 16.6. The highest BCUT2D eigenvalue weighted by molar-refractivity contribution is 6.31. The molecular formula is C28H27ClF3N5O2. The number of ether oxygens (including phenoxy) is 1. The van der Waals surface area contributed by atoms with Gasteiger partial charge in [0.2, 0.25) is 0 Å². The third-order valence-electron chi connectivity index (χ3n) is 6.88. The number of hydrogen-bond donors (Lipinski definition) is 2. The molecule has 1 saturated carbocycles. The largest absolute Gasteiger partial charge is 0.497 e. The smallest absolute Gasteiger partial charge is 0.433 e. The van der Waals surface area contributed by atoms with E-state index < -0.39 is 11.9 Å². The van der Waals surface area contributed by atoms with Crippen LogP contribution < -0.4 is 15.4 Å². The molecule has 2 aromatic heterocycles. The van der Waals surface area contributed by atoms with Crippen LogP contribution in [0.3, 0.4) is 0 Å². The Bertz CT molecular complexity index is 1460. The molecule has 0 bridgehead atoms. The average Bonchev–Trinajstić information content (AvgIpc) is 3.38. The van der Waals surface area contributed by atoms with Crippen molar-refractivity contribution in [3.05, 3.63) is 82.8 Å². The first-order valence-corrected chi connectivity index (χ1v) is 13.0. The Balaban J connectivity index is 1.18. The van der Waals surface area contributed by atoms with E-state index in [9.17, 15) is 18.0 Å². The van der Waals surface area contributed by atoms with Crippen LogP contribution in [0.4, 0.5) is 18.9 Å². The fraction of sp³-hybridized carbons (Fsp3) is 0.321. The number of anilines is 1. The first-order valence-electron chi connectivity index (χ1n) is 12.6. The van der Waals surface area contributed by atoms with E-state index in [1.165, 1.54) is 12.1 Å². The van der Waals surface area contributed by atoms with Crippen LogP contribution >= 0.6 is 11.6 Å². The van der Waals surface area contributed by atoms with Crippen molar-refractivity contribution in [3.63, 3.8) is 0 Å². The molecule has 2 heterocycles. The summed E-state index contributed by atoms with van der Waals surface area (Å²) in [6.07, 6.45) is 1.46. The van der Waals surface area contributed by atoms with Crippen molar-refractivity contribution in [1.29, 1.82) is 0 Å². The average molecular weight is 558 g/mol. The van der Waals surface area contributed by atoms with Crippen LogP contribution in [0.5, 0.6) is 5.75 Å². The van der Waals surface area contributed by atoms with Gasteiger partial charge in [-0.3, -0.25) is 9.48 Å². The van der Waals surface area contributed by atoms with Gasteiger partial charge in [0.05, 0.1) is 30.9 Å². The summed E-state index contributed by atoms with van der Waals surface area (Å²) in [5, 5.41) is 11.6. The zero-order valence-electron chi connectivity index (χ0n) is 21.1. The molecule has 2 aromatic carbocycles. The monoisotopic (exact) mass is 557 g/mol. The molecule has 0 aliphatic heterocycles. The fourth-order valence-corrected chi connectivity index (χ4v) is 4.99. The number of methoxy groups -OCH3 is 1. The van der Waals surface area contributed by atoms with Crippen molar-refractivity contribution in [2.45, 2.75) is 50.5 Å². The van der Waals surface area contributed by atoms with Crippen molar-refractivity contribution in [1.82, 2.24) is 20.1 Å². The Hall–Kier alpha value is -3.79. The number of carbonyl (C=O) groups is 1. The maximum absolute atomic E-state index is 13.4. The Kier molecular flexibility index (Phi) is 7.65. The van der Waals surface area contributed by atoms with Crippen LogP contribution in [-0.2, 0) is 12.7 Å². The Morgan fingerprint density at radius 3 is 2.49 bits per heavy atom. The molecule has 0 radical (unpaired) electrons. The van der Waals surface area contributed by atoms with Crippen LogP contribution in [0.2, 0.25) is 5.02 Å². The Morgan fingerprint density at radius 2 is 1.79 bits per heavy atom. The van der Waals surface area contributed by atoms with E-state index in [0.717, 1.165) is 17.4 Å². The lowest BCUT2D eigenvalue weighted by atomic mass is 9.90. The van der Waals surface area contributed by atoms with Crippen LogP contribution in [0.25, 0.3) is 10.9 Å². The molecule has 0 atom stereocenters. The summed E-state index contributed by atoms with van der Waals surface area (Å²) in [6, 6.07) is 13.2. The number of aromatic nitrogens is 3. The zero-order chi connectivity index (χ0) is 27.6.